The van der Waals surface area contributed by atoms with Gasteiger partial charge < -0.3 is 15.0 Å². The van der Waals surface area contributed by atoms with Gasteiger partial charge in [0, 0.05) is 5.02 Å². The molecule has 6 heteroatoms. The van der Waals surface area contributed by atoms with Crippen LogP contribution in [0.15, 0.2) is 22.7 Å². The molecule has 1 aromatic carbocycles. The summed E-state index contributed by atoms with van der Waals surface area (Å²) < 4.78 is 11.2. The Morgan fingerprint density at radius 3 is 2.95 bits per heavy atom. The highest BCUT2D eigenvalue weighted by Crippen LogP contribution is 2.38. The molecule has 110 valence electrons. The first-order valence-corrected chi connectivity index (χ1v) is 7.56. The number of ether oxygens (including phenoxy) is 1. The predicted octanol–water partition coefficient (Wildman–Crippen LogP) is 2.78. The van der Waals surface area contributed by atoms with Gasteiger partial charge in [0.1, 0.15) is 12.4 Å². The Morgan fingerprint density at radius 1 is 1.33 bits per heavy atom. The molecule has 2 heterocycles. The van der Waals surface area contributed by atoms with Crippen LogP contribution >= 0.6 is 11.6 Å². The fourth-order valence-electron chi connectivity index (χ4n) is 2.91. The van der Waals surface area contributed by atoms with Crippen LogP contribution in [0.4, 0.5) is 0 Å². The van der Waals surface area contributed by atoms with Gasteiger partial charge >= 0.3 is 0 Å². The Hall–Kier alpha value is -1.59. The van der Waals surface area contributed by atoms with E-state index in [-0.39, 0.29) is 5.92 Å². The van der Waals surface area contributed by atoms with E-state index in [2.05, 4.69) is 10.1 Å². The zero-order valence-corrected chi connectivity index (χ0v) is 12.3. The van der Waals surface area contributed by atoms with Gasteiger partial charge in [0.15, 0.2) is 5.82 Å². The Bertz CT molecular complexity index is 681. The maximum absolute atomic E-state index is 6.23. The Morgan fingerprint density at radius 2 is 2.19 bits per heavy atom. The molecule has 2 N–H and O–H groups in total. The van der Waals surface area contributed by atoms with Crippen molar-refractivity contribution in [3.05, 3.63) is 40.5 Å². The van der Waals surface area contributed by atoms with E-state index in [1.165, 1.54) is 0 Å². The van der Waals surface area contributed by atoms with Crippen molar-refractivity contribution in [2.45, 2.75) is 37.1 Å². The number of rotatable bonds is 2. The van der Waals surface area contributed by atoms with Gasteiger partial charge in [0.05, 0.1) is 11.5 Å². The Kier molecular flexibility index (Phi) is 2.94. The molecule has 1 unspecified atom stereocenters. The molecule has 2 aliphatic rings. The summed E-state index contributed by atoms with van der Waals surface area (Å²) in [6.07, 6.45) is 3.76. The molecule has 1 aromatic heterocycles. The largest absolute Gasteiger partial charge is 0.492 e. The number of aromatic nitrogens is 2. The lowest BCUT2D eigenvalue weighted by atomic mass is 9.77. The predicted molar refractivity (Wildman–Crippen MR) is 77.4 cm³/mol. The maximum atomic E-state index is 6.23. The SMILES string of the molecule is NC1(c2noc(C3COc4ccc(Cl)cc4C3)n2)CCC1. The molecule has 1 saturated carbocycles. The number of fused-ring (bicyclic) bond motifs is 1. The Labute approximate surface area is 127 Å². The van der Waals surface area contributed by atoms with Crippen LogP contribution < -0.4 is 10.5 Å². The van der Waals surface area contributed by atoms with E-state index in [1.807, 2.05) is 18.2 Å². The quantitative estimate of drug-likeness (QED) is 0.923. The van der Waals surface area contributed by atoms with E-state index in [9.17, 15) is 0 Å². The van der Waals surface area contributed by atoms with Gasteiger partial charge in [-0.25, -0.2) is 0 Å². The van der Waals surface area contributed by atoms with Gasteiger partial charge in [0.25, 0.3) is 0 Å². The summed E-state index contributed by atoms with van der Waals surface area (Å²) in [5, 5.41) is 4.77. The Balaban J connectivity index is 1.58. The highest BCUT2D eigenvalue weighted by molar-refractivity contribution is 6.30. The van der Waals surface area contributed by atoms with E-state index >= 15 is 0 Å². The maximum Gasteiger partial charge on any atom is 0.233 e. The number of nitrogens with two attached hydrogens (primary N) is 1. The lowest BCUT2D eigenvalue weighted by molar-refractivity contribution is 0.220. The minimum absolute atomic E-state index is 0.0564. The molecule has 0 saturated heterocycles. The fourth-order valence-corrected chi connectivity index (χ4v) is 3.10. The molecule has 4 rings (SSSR count). The van der Waals surface area contributed by atoms with Gasteiger partial charge in [-0.1, -0.05) is 16.8 Å². The molecule has 2 aromatic rings. The molecular weight excluding hydrogens is 290 g/mol. The monoisotopic (exact) mass is 305 g/mol. The first-order valence-electron chi connectivity index (χ1n) is 7.18. The summed E-state index contributed by atoms with van der Waals surface area (Å²) >= 11 is 6.04. The molecule has 1 aliphatic heterocycles. The van der Waals surface area contributed by atoms with Crippen LogP contribution in [0.2, 0.25) is 5.02 Å². The average Bonchev–Trinajstić information content (AvgIpc) is 2.94. The van der Waals surface area contributed by atoms with Crippen LogP contribution in [0.5, 0.6) is 5.75 Å². The van der Waals surface area contributed by atoms with Crippen molar-refractivity contribution >= 4 is 11.6 Å². The van der Waals surface area contributed by atoms with Crippen LogP contribution in [-0.2, 0) is 12.0 Å². The van der Waals surface area contributed by atoms with Crippen molar-refractivity contribution in [3.63, 3.8) is 0 Å². The summed E-state index contributed by atoms with van der Waals surface area (Å²) in [7, 11) is 0. The van der Waals surface area contributed by atoms with Crippen LogP contribution in [0.1, 0.15) is 42.5 Å². The first-order chi connectivity index (χ1) is 10.1. The zero-order chi connectivity index (χ0) is 14.4. The summed E-state index contributed by atoms with van der Waals surface area (Å²) in [6.45, 7) is 0.536. The number of hydrogen-bond donors (Lipinski definition) is 1. The highest BCUT2D eigenvalue weighted by atomic mass is 35.5. The summed E-state index contributed by atoms with van der Waals surface area (Å²) in [4.78, 5) is 4.51. The zero-order valence-electron chi connectivity index (χ0n) is 11.5. The van der Waals surface area contributed by atoms with Crippen molar-refractivity contribution in [1.82, 2.24) is 10.1 Å². The van der Waals surface area contributed by atoms with Crippen molar-refractivity contribution in [2.75, 3.05) is 6.61 Å². The van der Waals surface area contributed by atoms with Gasteiger partial charge in [-0.15, -0.1) is 0 Å². The van der Waals surface area contributed by atoms with E-state index in [0.717, 1.165) is 37.0 Å². The van der Waals surface area contributed by atoms with E-state index in [0.29, 0.717) is 23.3 Å². The van der Waals surface area contributed by atoms with Gasteiger partial charge in [-0.2, -0.15) is 4.98 Å². The van der Waals surface area contributed by atoms with Crippen molar-refractivity contribution in [2.24, 2.45) is 5.73 Å². The molecule has 0 amide bonds. The fraction of sp³-hybridized carbons (Fsp3) is 0.467. The van der Waals surface area contributed by atoms with Crippen LogP contribution in [0.25, 0.3) is 0 Å². The van der Waals surface area contributed by atoms with Gasteiger partial charge in [-0.05, 0) is 49.4 Å². The van der Waals surface area contributed by atoms with Crippen molar-refractivity contribution in [3.8, 4) is 5.75 Å². The lowest BCUT2D eigenvalue weighted by Gasteiger charge is -2.34. The van der Waals surface area contributed by atoms with Gasteiger partial charge in [-0.3, -0.25) is 0 Å². The minimum atomic E-state index is -0.390. The molecule has 1 aliphatic carbocycles. The van der Waals surface area contributed by atoms with Crippen LogP contribution in [0.3, 0.4) is 0 Å². The second-order valence-corrected chi connectivity index (χ2v) is 6.37. The molecule has 1 atom stereocenters. The third-order valence-corrected chi connectivity index (χ3v) is 4.65. The average molecular weight is 306 g/mol. The van der Waals surface area contributed by atoms with E-state index in [1.54, 1.807) is 0 Å². The topological polar surface area (TPSA) is 74.2 Å². The first kappa shape index (κ1) is 13.1. The standard InChI is InChI=1S/C15H16ClN3O2/c16-11-2-3-12-9(7-11)6-10(8-20-12)13-18-14(19-21-13)15(17)4-1-5-15/h2-3,7,10H,1,4-6,8,17H2. The second kappa shape index (κ2) is 4.71. The molecular formula is C15H16ClN3O2. The second-order valence-electron chi connectivity index (χ2n) is 5.93. The number of nitrogens with zero attached hydrogens (tertiary/aromatic N) is 2. The summed E-state index contributed by atoms with van der Waals surface area (Å²) in [5.74, 6) is 2.17. The highest BCUT2D eigenvalue weighted by Gasteiger charge is 2.39. The summed E-state index contributed by atoms with van der Waals surface area (Å²) in [5.41, 5.74) is 6.91. The van der Waals surface area contributed by atoms with Crippen LogP contribution in [0, 0.1) is 0 Å². The van der Waals surface area contributed by atoms with Gasteiger partial charge in [0.2, 0.25) is 5.89 Å². The number of benzene rings is 1. The summed E-state index contributed by atoms with van der Waals surface area (Å²) in [6, 6.07) is 5.66. The van der Waals surface area contributed by atoms with Crippen LogP contribution in [-0.4, -0.2) is 16.7 Å². The minimum Gasteiger partial charge on any atom is -0.492 e. The van der Waals surface area contributed by atoms with Crippen molar-refractivity contribution in [1.29, 1.82) is 0 Å². The van der Waals surface area contributed by atoms with E-state index < -0.39 is 5.54 Å². The number of hydrogen-bond acceptors (Lipinski definition) is 5. The lowest BCUT2D eigenvalue weighted by Crippen LogP contribution is -2.44. The molecule has 0 radical (unpaired) electrons. The molecule has 0 bridgehead atoms. The normalized spacial score (nSPS) is 23.0. The third-order valence-electron chi connectivity index (χ3n) is 4.41. The molecule has 1 fully saturated rings. The third kappa shape index (κ3) is 2.21. The van der Waals surface area contributed by atoms with Crippen molar-refractivity contribution < 1.29 is 9.26 Å². The van der Waals surface area contributed by atoms with E-state index in [4.69, 9.17) is 26.6 Å². The molecule has 21 heavy (non-hydrogen) atoms. The molecule has 5 nitrogen and oxygen atoms in total. The number of halogens is 1. The molecule has 0 spiro atoms. The smallest absolute Gasteiger partial charge is 0.233 e.